The number of ether oxygens (including phenoxy) is 1. The molecule has 0 amide bonds. The zero-order valence-corrected chi connectivity index (χ0v) is 13.2. The highest BCUT2D eigenvalue weighted by atomic mass is 16.5. The molecule has 0 saturated heterocycles. The molecule has 2 unspecified atom stereocenters. The first-order valence-electron chi connectivity index (χ1n) is 7.69. The van der Waals surface area contributed by atoms with E-state index in [1.165, 1.54) is 0 Å². The van der Waals surface area contributed by atoms with Crippen LogP contribution in [0.25, 0.3) is 12.2 Å². The van der Waals surface area contributed by atoms with Crippen molar-refractivity contribution in [3.8, 4) is 0 Å². The van der Waals surface area contributed by atoms with Gasteiger partial charge in [0.1, 0.15) is 0 Å². The number of benzene rings is 2. The molecule has 0 N–H and O–H groups in total. The molecule has 0 aliphatic carbocycles. The minimum atomic E-state index is -0.168. The van der Waals surface area contributed by atoms with E-state index in [1.54, 1.807) is 12.2 Å². The number of rotatable bonds is 8. The smallest absolute Gasteiger partial charge is 0.0950 e. The molecule has 0 bridgehead atoms. The van der Waals surface area contributed by atoms with E-state index in [9.17, 15) is 0 Å². The predicted octanol–water partition coefficient (Wildman–Crippen LogP) is 5.54. The highest BCUT2D eigenvalue weighted by Gasteiger charge is 2.05. The van der Waals surface area contributed by atoms with E-state index >= 15 is 0 Å². The van der Waals surface area contributed by atoms with Gasteiger partial charge in [0, 0.05) is 0 Å². The summed E-state index contributed by atoms with van der Waals surface area (Å²) in [5.41, 5.74) is 2.27. The van der Waals surface area contributed by atoms with Crippen LogP contribution in [0.15, 0.2) is 98.1 Å². The molecule has 23 heavy (non-hydrogen) atoms. The summed E-state index contributed by atoms with van der Waals surface area (Å²) in [5, 5.41) is 0. The maximum absolute atomic E-state index is 5.98. The minimum absolute atomic E-state index is 0.168. The zero-order valence-electron chi connectivity index (χ0n) is 13.2. The fraction of sp³-hybridized carbons (Fsp3) is 0.0909. The van der Waals surface area contributed by atoms with Crippen molar-refractivity contribution in [2.45, 2.75) is 12.2 Å². The van der Waals surface area contributed by atoms with Crippen LogP contribution in [0.4, 0.5) is 0 Å². The Labute approximate surface area is 138 Å². The quantitative estimate of drug-likeness (QED) is 0.582. The molecule has 0 fully saturated rings. The standard InChI is InChI=1S/C22H22O/c1-3-21(17-15-19-11-7-5-8-12-19)23-22(4-2)18-16-20-13-9-6-10-14-20/h3-18,21-22H,1-2H2. The zero-order chi connectivity index (χ0) is 16.3. The summed E-state index contributed by atoms with van der Waals surface area (Å²) < 4.78 is 5.98. The van der Waals surface area contributed by atoms with Gasteiger partial charge in [-0.1, -0.05) is 97.1 Å². The van der Waals surface area contributed by atoms with Gasteiger partial charge >= 0.3 is 0 Å². The molecule has 0 radical (unpaired) electrons. The normalized spacial score (nSPS) is 13.9. The Morgan fingerprint density at radius 2 is 1.04 bits per heavy atom. The van der Waals surface area contributed by atoms with Crippen LogP contribution < -0.4 is 0 Å². The van der Waals surface area contributed by atoms with E-state index < -0.39 is 0 Å². The van der Waals surface area contributed by atoms with Crippen molar-refractivity contribution >= 4 is 12.2 Å². The summed E-state index contributed by atoms with van der Waals surface area (Å²) >= 11 is 0. The third-order valence-electron chi connectivity index (χ3n) is 3.33. The van der Waals surface area contributed by atoms with E-state index in [1.807, 2.05) is 60.7 Å². The maximum atomic E-state index is 5.98. The maximum Gasteiger partial charge on any atom is 0.0950 e. The van der Waals surface area contributed by atoms with Crippen LogP contribution in [-0.4, -0.2) is 12.2 Å². The molecule has 116 valence electrons. The fourth-order valence-electron chi connectivity index (χ4n) is 2.08. The van der Waals surface area contributed by atoms with E-state index in [0.29, 0.717) is 0 Å². The van der Waals surface area contributed by atoms with Crippen LogP contribution >= 0.6 is 0 Å². The van der Waals surface area contributed by atoms with Crippen molar-refractivity contribution in [1.82, 2.24) is 0 Å². The van der Waals surface area contributed by atoms with Crippen molar-refractivity contribution in [3.63, 3.8) is 0 Å². The van der Waals surface area contributed by atoms with Gasteiger partial charge in [-0.2, -0.15) is 0 Å². The molecule has 1 nitrogen and oxygen atoms in total. The Morgan fingerprint density at radius 3 is 1.39 bits per heavy atom. The van der Waals surface area contributed by atoms with Crippen LogP contribution in [0.2, 0.25) is 0 Å². The Hall–Kier alpha value is -2.64. The van der Waals surface area contributed by atoms with Crippen LogP contribution in [-0.2, 0) is 4.74 Å². The first-order chi connectivity index (χ1) is 11.3. The van der Waals surface area contributed by atoms with Gasteiger partial charge in [0.05, 0.1) is 12.2 Å². The number of hydrogen-bond acceptors (Lipinski definition) is 1. The average molecular weight is 302 g/mol. The van der Waals surface area contributed by atoms with Gasteiger partial charge in [0.2, 0.25) is 0 Å². The van der Waals surface area contributed by atoms with Gasteiger partial charge in [-0.25, -0.2) is 0 Å². The molecule has 0 aromatic heterocycles. The summed E-state index contributed by atoms with van der Waals surface area (Å²) in [4.78, 5) is 0. The van der Waals surface area contributed by atoms with E-state index in [2.05, 4.69) is 37.4 Å². The molecular formula is C22H22O. The van der Waals surface area contributed by atoms with Crippen molar-refractivity contribution in [3.05, 3.63) is 109 Å². The lowest BCUT2D eigenvalue weighted by Crippen LogP contribution is -2.14. The fourth-order valence-corrected chi connectivity index (χ4v) is 2.08. The first-order valence-corrected chi connectivity index (χ1v) is 7.69. The van der Waals surface area contributed by atoms with Gasteiger partial charge in [0.15, 0.2) is 0 Å². The van der Waals surface area contributed by atoms with Crippen LogP contribution in [0, 0.1) is 0 Å². The molecule has 1 heteroatoms. The molecule has 2 aromatic carbocycles. The topological polar surface area (TPSA) is 9.23 Å². The van der Waals surface area contributed by atoms with Gasteiger partial charge in [-0.15, -0.1) is 13.2 Å². The highest BCUT2D eigenvalue weighted by molar-refractivity contribution is 5.51. The van der Waals surface area contributed by atoms with Crippen LogP contribution in [0.5, 0.6) is 0 Å². The summed E-state index contributed by atoms with van der Waals surface area (Å²) in [6, 6.07) is 20.3. The summed E-state index contributed by atoms with van der Waals surface area (Å²) in [6.07, 6.45) is 11.3. The summed E-state index contributed by atoms with van der Waals surface area (Å²) in [6.45, 7) is 7.69. The first kappa shape index (κ1) is 16.7. The molecule has 2 aromatic rings. The predicted molar refractivity (Wildman–Crippen MR) is 100 cm³/mol. The SMILES string of the molecule is C=CC(C=Cc1ccccc1)OC(C=C)C=Cc1ccccc1. The highest BCUT2D eigenvalue weighted by Crippen LogP contribution is 2.10. The Kier molecular flexibility index (Phi) is 6.83. The van der Waals surface area contributed by atoms with Crippen molar-refractivity contribution < 1.29 is 4.74 Å². The van der Waals surface area contributed by atoms with Crippen molar-refractivity contribution in [1.29, 1.82) is 0 Å². The van der Waals surface area contributed by atoms with Crippen LogP contribution in [0.1, 0.15) is 11.1 Å². The monoisotopic (exact) mass is 302 g/mol. The second-order valence-corrected chi connectivity index (χ2v) is 5.08. The third kappa shape index (κ3) is 5.93. The second kappa shape index (κ2) is 9.39. The Bertz CT molecular complexity index is 593. The largest absolute Gasteiger partial charge is 0.359 e. The van der Waals surface area contributed by atoms with Crippen molar-refractivity contribution in [2.24, 2.45) is 0 Å². The van der Waals surface area contributed by atoms with Gasteiger partial charge in [-0.05, 0) is 11.1 Å². The van der Waals surface area contributed by atoms with Gasteiger partial charge in [0.25, 0.3) is 0 Å². The average Bonchev–Trinajstić information content (AvgIpc) is 2.63. The molecule has 0 aliphatic rings. The molecule has 2 rings (SSSR count). The molecular weight excluding hydrogens is 280 g/mol. The molecule has 0 aliphatic heterocycles. The summed E-state index contributed by atoms with van der Waals surface area (Å²) in [5.74, 6) is 0. The minimum Gasteiger partial charge on any atom is -0.359 e. The molecule has 2 atom stereocenters. The number of hydrogen-bond donors (Lipinski definition) is 0. The lowest BCUT2D eigenvalue weighted by Gasteiger charge is -2.15. The second-order valence-electron chi connectivity index (χ2n) is 5.08. The van der Waals surface area contributed by atoms with E-state index in [4.69, 9.17) is 4.74 Å². The molecule has 0 saturated carbocycles. The third-order valence-corrected chi connectivity index (χ3v) is 3.33. The Balaban J connectivity index is 1.98. The molecule has 0 spiro atoms. The van der Waals surface area contributed by atoms with Crippen LogP contribution in [0.3, 0.4) is 0 Å². The van der Waals surface area contributed by atoms with E-state index in [0.717, 1.165) is 11.1 Å². The molecule has 0 heterocycles. The summed E-state index contributed by atoms with van der Waals surface area (Å²) in [7, 11) is 0. The Morgan fingerprint density at radius 1 is 0.652 bits per heavy atom. The lowest BCUT2D eigenvalue weighted by atomic mass is 10.1. The van der Waals surface area contributed by atoms with Gasteiger partial charge in [-0.3, -0.25) is 0 Å². The lowest BCUT2D eigenvalue weighted by molar-refractivity contribution is 0.0977. The van der Waals surface area contributed by atoms with Crippen molar-refractivity contribution in [2.75, 3.05) is 0 Å². The van der Waals surface area contributed by atoms with E-state index in [-0.39, 0.29) is 12.2 Å². The van der Waals surface area contributed by atoms with Gasteiger partial charge < -0.3 is 4.74 Å².